The van der Waals surface area contributed by atoms with Crippen molar-refractivity contribution in [2.45, 2.75) is 6.92 Å². The summed E-state index contributed by atoms with van der Waals surface area (Å²) in [7, 11) is 0. The number of thiazole rings is 1. The van der Waals surface area contributed by atoms with E-state index in [0.29, 0.717) is 11.7 Å². The SMILES string of the molecule is CCOc1ccc2nc(NC(=O)/C=C/c3cn(-c4ccccc4)nc3-c3ccccc3)sc2c1. The van der Waals surface area contributed by atoms with Gasteiger partial charge < -0.3 is 4.74 Å². The second-order valence-corrected chi connectivity index (χ2v) is 8.51. The van der Waals surface area contributed by atoms with Crippen LogP contribution in [0.25, 0.3) is 33.2 Å². The molecular formula is C27H22N4O2S. The van der Waals surface area contributed by atoms with Gasteiger partial charge in [0, 0.05) is 23.4 Å². The first-order valence-corrected chi connectivity index (χ1v) is 11.7. The van der Waals surface area contributed by atoms with E-state index in [1.54, 1.807) is 6.08 Å². The van der Waals surface area contributed by atoms with Crippen LogP contribution >= 0.6 is 11.3 Å². The maximum Gasteiger partial charge on any atom is 0.250 e. The van der Waals surface area contributed by atoms with Crippen molar-refractivity contribution in [3.63, 3.8) is 0 Å². The third-order valence-electron chi connectivity index (χ3n) is 5.13. The van der Waals surface area contributed by atoms with Crippen LogP contribution in [0, 0.1) is 0 Å². The van der Waals surface area contributed by atoms with Crippen molar-refractivity contribution >= 4 is 38.7 Å². The number of hydrogen-bond acceptors (Lipinski definition) is 5. The number of fused-ring (bicyclic) bond motifs is 1. The van der Waals surface area contributed by atoms with Gasteiger partial charge >= 0.3 is 0 Å². The van der Waals surface area contributed by atoms with Crippen LogP contribution in [0.1, 0.15) is 12.5 Å². The lowest BCUT2D eigenvalue weighted by Gasteiger charge is -2.00. The third-order valence-corrected chi connectivity index (χ3v) is 6.06. The lowest BCUT2D eigenvalue weighted by molar-refractivity contribution is -0.111. The zero-order chi connectivity index (χ0) is 23.3. The van der Waals surface area contributed by atoms with Crippen molar-refractivity contribution in [2.24, 2.45) is 0 Å². The van der Waals surface area contributed by atoms with Crippen LogP contribution in [0.4, 0.5) is 5.13 Å². The standard InChI is InChI=1S/C27H22N4O2S/c1-2-33-22-14-15-23-24(17-22)34-27(28-23)29-25(32)16-13-20-18-31(21-11-7-4-8-12-21)30-26(20)19-9-5-3-6-10-19/h3-18H,2H2,1H3,(H,28,29,32)/b16-13+. The van der Waals surface area contributed by atoms with E-state index < -0.39 is 0 Å². The fraction of sp³-hybridized carbons (Fsp3) is 0.0741. The fourth-order valence-corrected chi connectivity index (χ4v) is 4.47. The zero-order valence-electron chi connectivity index (χ0n) is 18.5. The quantitative estimate of drug-likeness (QED) is 0.290. The van der Waals surface area contributed by atoms with E-state index in [-0.39, 0.29) is 5.91 Å². The van der Waals surface area contributed by atoms with Crippen LogP contribution in [-0.4, -0.2) is 27.3 Å². The molecule has 0 aliphatic heterocycles. The van der Waals surface area contributed by atoms with Crippen molar-refractivity contribution in [2.75, 3.05) is 11.9 Å². The van der Waals surface area contributed by atoms with E-state index in [0.717, 1.165) is 38.5 Å². The molecule has 0 aliphatic rings. The highest BCUT2D eigenvalue weighted by atomic mass is 32.1. The number of carbonyl (C=O) groups excluding carboxylic acids is 1. The molecule has 168 valence electrons. The molecule has 0 radical (unpaired) electrons. The van der Waals surface area contributed by atoms with Crippen molar-refractivity contribution < 1.29 is 9.53 Å². The topological polar surface area (TPSA) is 69.0 Å². The maximum absolute atomic E-state index is 12.7. The van der Waals surface area contributed by atoms with Crippen LogP contribution in [0.3, 0.4) is 0 Å². The number of benzene rings is 3. The summed E-state index contributed by atoms with van der Waals surface area (Å²) in [6.45, 7) is 2.55. The minimum Gasteiger partial charge on any atom is -0.494 e. The van der Waals surface area contributed by atoms with E-state index >= 15 is 0 Å². The molecular weight excluding hydrogens is 444 g/mol. The zero-order valence-corrected chi connectivity index (χ0v) is 19.3. The van der Waals surface area contributed by atoms with Crippen LogP contribution in [0.15, 0.2) is 91.1 Å². The molecule has 1 N–H and O–H groups in total. The Labute approximate surface area is 201 Å². The summed E-state index contributed by atoms with van der Waals surface area (Å²) in [5, 5.41) is 8.18. The monoisotopic (exact) mass is 466 g/mol. The second kappa shape index (κ2) is 9.72. The molecule has 0 fully saturated rings. The molecule has 0 atom stereocenters. The van der Waals surface area contributed by atoms with Gasteiger partial charge in [0.1, 0.15) is 5.75 Å². The molecule has 3 aromatic carbocycles. The number of nitrogens with zero attached hydrogens (tertiary/aromatic N) is 3. The third kappa shape index (κ3) is 4.74. The highest BCUT2D eigenvalue weighted by Gasteiger charge is 2.12. The first-order valence-electron chi connectivity index (χ1n) is 10.9. The smallest absolute Gasteiger partial charge is 0.250 e. The number of anilines is 1. The van der Waals surface area contributed by atoms with E-state index in [9.17, 15) is 4.79 Å². The van der Waals surface area contributed by atoms with Crippen LogP contribution < -0.4 is 10.1 Å². The highest BCUT2D eigenvalue weighted by molar-refractivity contribution is 7.22. The van der Waals surface area contributed by atoms with Crippen LogP contribution in [0.2, 0.25) is 0 Å². The molecule has 0 spiro atoms. The van der Waals surface area contributed by atoms with Gasteiger partial charge in [-0.15, -0.1) is 0 Å². The minimum absolute atomic E-state index is 0.254. The van der Waals surface area contributed by atoms with Crippen molar-refractivity contribution in [3.8, 4) is 22.7 Å². The summed E-state index contributed by atoms with van der Waals surface area (Å²) in [5.74, 6) is 0.538. The highest BCUT2D eigenvalue weighted by Crippen LogP contribution is 2.29. The summed E-state index contributed by atoms with van der Waals surface area (Å²) < 4.78 is 8.33. The summed E-state index contributed by atoms with van der Waals surface area (Å²) >= 11 is 1.42. The predicted molar refractivity (Wildman–Crippen MR) is 137 cm³/mol. The molecule has 2 aromatic heterocycles. The first kappa shape index (κ1) is 21.6. The molecule has 0 bridgehead atoms. The molecule has 34 heavy (non-hydrogen) atoms. The van der Waals surface area contributed by atoms with Crippen LogP contribution in [-0.2, 0) is 4.79 Å². The van der Waals surface area contributed by atoms with E-state index in [2.05, 4.69) is 10.3 Å². The number of rotatable bonds is 7. The molecule has 5 aromatic rings. The second-order valence-electron chi connectivity index (χ2n) is 7.48. The molecule has 6 nitrogen and oxygen atoms in total. The van der Waals surface area contributed by atoms with Gasteiger partial charge in [0.2, 0.25) is 5.91 Å². The van der Waals surface area contributed by atoms with Gasteiger partial charge in [0.15, 0.2) is 5.13 Å². The maximum atomic E-state index is 12.7. The number of aromatic nitrogens is 3. The Kier molecular flexibility index (Phi) is 6.18. The lowest BCUT2D eigenvalue weighted by atomic mass is 10.1. The molecule has 1 amide bonds. The Bertz CT molecular complexity index is 1460. The summed E-state index contributed by atoms with van der Waals surface area (Å²) in [4.78, 5) is 17.2. The van der Waals surface area contributed by atoms with Gasteiger partial charge in [-0.05, 0) is 43.3 Å². The Morgan fingerprint density at radius 2 is 1.82 bits per heavy atom. The van der Waals surface area contributed by atoms with Gasteiger partial charge in [0.05, 0.1) is 28.2 Å². The van der Waals surface area contributed by atoms with Crippen molar-refractivity contribution in [3.05, 3.63) is 96.7 Å². The number of ether oxygens (including phenoxy) is 1. The van der Waals surface area contributed by atoms with Gasteiger partial charge in [-0.3, -0.25) is 10.1 Å². The minimum atomic E-state index is -0.254. The molecule has 0 aliphatic carbocycles. The fourth-order valence-electron chi connectivity index (χ4n) is 3.57. The lowest BCUT2D eigenvalue weighted by Crippen LogP contribution is -2.07. The number of amides is 1. The van der Waals surface area contributed by atoms with Gasteiger partial charge in [0.25, 0.3) is 0 Å². The molecule has 2 heterocycles. The van der Waals surface area contributed by atoms with Crippen molar-refractivity contribution in [1.82, 2.24) is 14.8 Å². The number of para-hydroxylation sites is 1. The summed E-state index contributed by atoms with van der Waals surface area (Å²) in [6.07, 6.45) is 5.22. The van der Waals surface area contributed by atoms with Gasteiger partial charge in [-0.25, -0.2) is 9.67 Å². The molecule has 7 heteroatoms. The number of nitrogens with one attached hydrogen (secondary N) is 1. The van der Waals surface area contributed by atoms with E-state index in [1.165, 1.54) is 17.4 Å². The largest absolute Gasteiger partial charge is 0.494 e. The Hall–Kier alpha value is -4.23. The van der Waals surface area contributed by atoms with E-state index in [1.807, 2.05) is 96.7 Å². The summed E-state index contributed by atoms with van der Waals surface area (Å²) in [6, 6.07) is 25.5. The predicted octanol–water partition coefficient (Wildman–Crippen LogP) is 6.20. The van der Waals surface area contributed by atoms with Gasteiger partial charge in [-0.1, -0.05) is 59.9 Å². The molecule has 0 saturated carbocycles. The molecule has 0 saturated heterocycles. The Morgan fingerprint density at radius 3 is 2.59 bits per heavy atom. The molecule has 5 rings (SSSR count). The number of carbonyl (C=O) groups is 1. The van der Waals surface area contributed by atoms with Crippen LogP contribution in [0.5, 0.6) is 5.75 Å². The first-order chi connectivity index (χ1) is 16.7. The number of hydrogen-bond donors (Lipinski definition) is 1. The van der Waals surface area contributed by atoms with Gasteiger partial charge in [-0.2, -0.15) is 5.10 Å². The van der Waals surface area contributed by atoms with E-state index in [4.69, 9.17) is 9.84 Å². The Morgan fingerprint density at radius 1 is 1.06 bits per heavy atom. The van der Waals surface area contributed by atoms with Crippen molar-refractivity contribution in [1.29, 1.82) is 0 Å². The average molecular weight is 467 g/mol. The average Bonchev–Trinajstić information content (AvgIpc) is 3.47. The normalized spacial score (nSPS) is 11.2. The molecule has 0 unspecified atom stereocenters. The summed E-state index contributed by atoms with van der Waals surface area (Å²) in [5.41, 5.74) is 4.40. The Balaban J connectivity index is 1.39.